The lowest BCUT2D eigenvalue weighted by molar-refractivity contribution is 0.472. The number of nitrogens with zero attached hydrogens (tertiary/aromatic N) is 1. The number of halogens is 2. The minimum absolute atomic E-state index is 0.279. The van der Waals surface area contributed by atoms with E-state index in [4.69, 9.17) is 10.5 Å². The number of anilines is 1. The smallest absolute Gasteiger partial charge is 0.153 e. The second-order valence-corrected chi connectivity index (χ2v) is 4.35. The molecule has 88 valence electrons. The lowest BCUT2D eigenvalue weighted by Gasteiger charge is -2.10. The molecule has 1 aromatic heterocycles. The zero-order valence-corrected chi connectivity index (χ0v) is 10.7. The van der Waals surface area contributed by atoms with Crippen LogP contribution in [0.1, 0.15) is 5.69 Å². The van der Waals surface area contributed by atoms with Gasteiger partial charge in [0.15, 0.2) is 5.75 Å². The Morgan fingerprint density at radius 2 is 2.12 bits per heavy atom. The fraction of sp³-hybridized carbons (Fsp3) is 0.0833. The van der Waals surface area contributed by atoms with Crippen LogP contribution >= 0.6 is 15.9 Å². The molecule has 17 heavy (non-hydrogen) atoms. The number of aromatic nitrogens is 1. The number of hydrogen-bond acceptors (Lipinski definition) is 3. The maximum atomic E-state index is 13.4. The van der Waals surface area contributed by atoms with Crippen LogP contribution in [0.2, 0.25) is 0 Å². The Bertz CT molecular complexity index is 560. The summed E-state index contributed by atoms with van der Waals surface area (Å²) in [7, 11) is 0. The quantitative estimate of drug-likeness (QED) is 0.860. The lowest BCUT2D eigenvalue weighted by Crippen LogP contribution is -1.96. The molecule has 0 saturated heterocycles. The molecule has 0 saturated carbocycles. The third kappa shape index (κ3) is 2.55. The van der Waals surface area contributed by atoms with Gasteiger partial charge in [-0.2, -0.15) is 0 Å². The molecule has 0 radical (unpaired) electrons. The van der Waals surface area contributed by atoms with Gasteiger partial charge in [0, 0.05) is 12.3 Å². The van der Waals surface area contributed by atoms with Gasteiger partial charge in [-0.3, -0.25) is 4.98 Å². The van der Waals surface area contributed by atoms with Crippen molar-refractivity contribution in [2.24, 2.45) is 0 Å². The Morgan fingerprint density at radius 1 is 1.35 bits per heavy atom. The first kappa shape index (κ1) is 11.9. The molecule has 0 atom stereocenters. The average molecular weight is 297 g/mol. The van der Waals surface area contributed by atoms with Gasteiger partial charge in [0.1, 0.15) is 11.6 Å². The van der Waals surface area contributed by atoms with E-state index in [0.717, 1.165) is 5.69 Å². The van der Waals surface area contributed by atoms with Crippen LogP contribution in [0.25, 0.3) is 0 Å². The van der Waals surface area contributed by atoms with Crippen LogP contribution in [0, 0.1) is 12.7 Å². The Hall–Kier alpha value is -1.62. The molecule has 3 nitrogen and oxygen atoms in total. The topological polar surface area (TPSA) is 48.1 Å². The third-order valence-electron chi connectivity index (χ3n) is 2.23. The van der Waals surface area contributed by atoms with Crippen molar-refractivity contribution in [3.05, 3.63) is 46.4 Å². The van der Waals surface area contributed by atoms with Gasteiger partial charge < -0.3 is 10.5 Å². The van der Waals surface area contributed by atoms with Gasteiger partial charge in [0.05, 0.1) is 15.9 Å². The Morgan fingerprint density at radius 3 is 2.82 bits per heavy atom. The number of nitrogens with two attached hydrogens (primary N) is 1. The number of ether oxygens (including phenoxy) is 1. The van der Waals surface area contributed by atoms with E-state index in [1.165, 1.54) is 12.1 Å². The number of benzene rings is 1. The average Bonchev–Trinajstić information content (AvgIpc) is 2.29. The fourth-order valence-corrected chi connectivity index (χ4v) is 1.69. The van der Waals surface area contributed by atoms with Gasteiger partial charge in [0.25, 0.3) is 0 Å². The summed E-state index contributed by atoms with van der Waals surface area (Å²) in [6, 6.07) is 6.21. The molecule has 0 spiro atoms. The minimum Gasteiger partial charge on any atom is -0.453 e. The highest BCUT2D eigenvalue weighted by molar-refractivity contribution is 9.10. The molecule has 0 aliphatic rings. The third-order valence-corrected chi connectivity index (χ3v) is 2.84. The van der Waals surface area contributed by atoms with E-state index < -0.39 is 5.82 Å². The van der Waals surface area contributed by atoms with Gasteiger partial charge in [-0.25, -0.2) is 4.39 Å². The molecule has 0 aliphatic heterocycles. The summed E-state index contributed by atoms with van der Waals surface area (Å²) < 4.78 is 19.2. The largest absolute Gasteiger partial charge is 0.453 e. The monoisotopic (exact) mass is 296 g/mol. The Kier molecular flexibility index (Phi) is 3.28. The molecule has 0 unspecified atom stereocenters. The van der Waals surface area contributed by atoms with Crippen molar-refractivity contribution in [1.29, 1.82) is 0 Å². The number of hydrogen-bond donors (Lipinski definition) is 1. The molecular weight excluding hydrogens is 287 g/mol. The summed E-state index contributed by atoms with van der Waals surface area (Å²) in [4.78, 5) is 4.08. The second kappa shape index (κ2) is 4.71. The highest BCUT2D eigenvalue weighted by Gasteiger charge is 2.09. The van der Waals surface area contributed by atoms with E-state index >= 15 is 0 Å². The number of nitrogen functional groups attached to an aromatic ring is 1. The molecule has 5 heteroatoms. The summed E-state index contributed by atoms with van der Waals surface area (Å²) >= 11 is 3.06. The molecule has 1 heterocycles. The van der Waals surface area contributed by atoms with E-state index in [1.54, 1.807) is 25.3 Å². The summed E-state index contributed by atoms with van der Waals surface area (Å²) in [6.07, 6.45) is 1.66. The molecule has 0 aliphatic carbocycles. The van der Waals surface area contributed by atoms with Crippen molar-refractivity contribution in [3.8, 4) is 11.5 Å². The van der Waals surface area contributed by atoms with Crippen molar-refractivity contribution in [2.75, 3.05) is 5.73 Å². The Labute approximate surface area is 107 Å². The molecular formula is C12H10BrFN2O. The van der Waals surface area contributed by atoms with Gasteiger partial charge in [-0.1, -0.05) is 0 Å². The first-order valence-corrected chi connectivity index (χ1v) is 5.71. The highest BCUT2D eigenvalue weighted by atomic mass is 79.9. The molecule has 0 bridgehead atoms. The maximum absolute atomic E-state index is 13.4. The highest BCUT2D eigenvalue weighted by Crippen LogP contribution is 2.32. The summed E-state index contributed by atoms with van der Waals surface area (Å²) in [5.41, 5.74) is 6.83. The number of pyridine rings is 1. The first-order chi connectivity index (χ1) is 8.08. The summed E-state index contributed by atoms with van der Waals surface area (Å²) in [5, 5.41) is 0. The van der Waals surface area contributed by atoms with Gasteiger partial charge >= 0.3 is 0 Å². The molecule has 0 amide bonds. The van der Waals surface area contributed by atoms with Crippen LogP contribution in [0.4, 0.5) is 10.1 Å². The van der Waals surface area contributed by atoms with Crippen molar-refractivity contribution in [2.45, 2.75) is 6.92 Å². The van der Waals surface area contributed by atoms with Gasteiger partial charge in [-0.05, 0) is 41.1 Å². The van der Waals surface area contributed by atoms with Crippen LogP contribution < -0.4 is 10.5 Å². The van der Waals surface area contributed by atoms with Crippen molar-refractivity contribution in [3.63, 3.8) is 0 Å². The van der Waals surface area contributed by atoms with Crippen LogP contribution in [0.15, 0.2) is 34.9 Å². The fourth-order valence-electron chi connectivity index (χ4n) is 1.33. The Balaban J connectivity index is 2.37. The van der Waals surface area contributed by atoms with Gasteiger partial charge in [-0.15, -0.1) is 0 Å². The zero-order chi connectivity index (χ0) is 12.4. The van der Waals surface area contributed by atoms with Crippen molar-refractivity contribution < 1.29 is 9.13 Å². The molecule has 2 N–H and O–H groups in total. The maximum Gasteiger partial charge on any atom is 0.153 e. The minimum atomic E-state index is -0.421. The summed E-state index contributed by atoms with van der Waals surface area (Å²) in [6.45, 7) is 1.81. The predicted octanol–water partition coefficient (Wildman–Crippen LogP) is 3.67. The van der Waals surface area contributed by atoms with E-state index in [0.29, 0.717) is 15.9 Å². The van der Waals surface area contributed by atoms with Gasteiger partial charge in [0.2, 0.25) is 0 Å². The molecule has 2 rings (SSSR count). The van der Waals surface area contributed by atoms with E-state index in [9.17, 15) is 4.39 Å². The van der Waals surface area contributed by atoms with E-state index in [1.807, 2.05) is 0 Å². The summed E-state index contributed by atoms with van der Waals surface area (Å²) in [5.74, 6) is 0.415. The SMILES string of the molecule is Cc1ncccc1Oc1cc(F)c(Br)cc1N. The van der Waals surface area contributed by atoms with Crippen LogP contribution in [-0.4, -0.2) is 4.98 Å². The molecule has 0 fully saturated rings. The van der Waals surface area contributed by atoms with Crippen molar-refractivity contribution in [1.82, 2.24) is 4.98 Å². The van der Waals surface area contributed by atoms with E-state index in [2.05, 4.69) is 20.9 Å². The number of aryl methyl sites for hydroxylation is 1. The second-order valence-electron chi connectivity index (χ2n) is 3.49. The standard InChI is InChI=1S/C12H10BrFN2O/c1-7-11(3-2-4-16-7)17-12-6-9(14)8(13)5-10(12)15/h2-6H,15H2,1H3. The zero-order valence-electron chi connectivity index (χ0n) is 9.08. The van der Waals surface area contributed by atoms with Crippen LogP contribution in [0.5, 0.6) is 11.5 Å². The lowest BCUT2D eigenvalue weighted by atomic mass is 10.3. The van der Waals surface area contributed by atoms with E-state index in [-0.39, 0.29) is 5.75 Å². The van der Waals surface area contributed by atoms with Crippen LogP contribution in [0.3, 0.4) is 0 Å². The predicted molar refractivity (Wildman–Crippen MR) is 67.6 cm³/mol. The number of rotatable bonds is 2. The first-order valence-electron chi connectivity index (χ1n) is 4.92. The van der Waals surface area contributed by atoms with Crippen molar-refractivity contribution >= 4 is 21.6 Å². The molecule has 2 aromatic rings. The van der Waals surface area contributed by atoms with Crippen LogP contribution in [-0.2, 0) is 0 Å². The molecule has 1 aromatic carbocycles. The normalized spacial score (nSPS) is 10.3.